The lowest BCUT2D eigenvalue weighted by atomic mass is 9.89. The summed E-state index contributed by atoms with van der Waals surface area (Å²) >= 11 is 3.15. The minimum atomic E-state index is -1.51. The van der Waals surface area contributed by atoms with Crippen molar-refractivity contribution in [3.63, 3.8) is 0 Å². The first-order chi connectivity index (χ1) is 17.0. The normalized spacial score (nSPS) is 11.9. The van der Waals surface area contributed by atoms with Crippen LogP contribution in [0.3, 0.4) is 0 Å². The Morgan fingerprint density at radius 1 is 1.03 bits per heavy atom. The number of nitrogens with two attached hydrogens (primary N) is 1. The van der Waals surface area contributed by atoms with E-state index in [1.54, 1.807) is 18.2 Å². The Morgan fingerprint density at radius 2 is 1.72 bits per heavy atom. The number of phenolic OH excluding ortho intramolecular Hbond substituents is 3. The lowest BCUT2D eigenvalue weighted by molar-refractivity contribution is -0.145. The number of aliphatic carboxylic acids is 2. The number of carboxylic acids is 2. The zero-order chi connectivity index (χ0) is 26.3. The molecule has 36 heavy (non-hydrogen) atoms. The number of imidazole rings is 1. The van der Waals surface area contributed by atoms with Crippen LogP contribution in [0.5, 0.6) is 17.2 Å². The molecule has 1 aromatic heterocycles. The van der Waals surface area contributed by atoms with Gasteiger partial charge in [-0.1, -0.05) is 0 Å². The summed E-state index contributed by atoms with van der Waals surface area (Å²) in [7, 11) is 0. The molecule has 184 valence electrons. The first-order valence-corrected chi connectivity index (χ1v) is 11.1. The molecular formula is C24H19BrN4O7. The van der Waals surface area contributed by atoms with E-state index in [-0.39, 0.29) is 38.4 Å². The van der Waals surface area contributed by atoms with Gasteiger partial charge in [-0.15, -0.1) is 0 Å². The maximum absolute atomic E-state index is 12.0. The summed E-state index contributed by atoms with van der Waals surface area (Å²) < 4.78 is 0.197. The second-order valence-electron chi connectivity index (χ2n) is 7.97. The summed E-state index contributed by atoms with van der Waals surface area (Å²) in [5, 5.41) is 58.9. The molecule has 1 heterocycles. The molecule has 1 unspecified atom stereocenters. The van der Waals surface area contributed by atoms with Crippen LogP contribution < -0.4 is 5.73 Å². The van der Waals surface area contributed by atoms with Crippen LogP contribution >= 0.6 is 15.9 Å². The molecule has 0 fully saturated rings. The second-order valence-corrected chi connectivity index (χ2v) is 8.83. The lowest BCUT2D eigenvalue weighted by Gasteiger charge is -2.18. The quantitative estimate of drug-likeness (QED) is 0.123. The topological polar surface area (TPSA) is 214 Å². The molecule has 0 saturated heterocycles. The first-order valence-electron chi connectivity index (χ1n) is 10.3. The number of hydrogen-bond donors (Lipinski definition) is 8. The van der Waals surface area contributed by atoms with Crippen LogP contribution in [0, 0.1) is 5.41 Å². The van der Waals surface area contributed by atoms with Crippen molar-refractivity contribution in [1.82, 2.24) is 9.97 Å². The van der Waals surface area contributed by atoms with Gasteiger partial charge in [-0.3, -0.25) is 15.0 Å². The number of aromatic hydroxyl groups is 3. The highest BCUT2D eigenvalue weighted by Crippen LogP contribution is 2.48. The van der Waals surface area contributed by atoms with Gasteiger partial charge in [0.15, 0.2) is 0 Å². The number of nitrogens with zero attached hydrogens (tertiary/aromatic N) is 1. The Balaban J connectivity index is 2.03. The average Bonchev–Trinajstić information content (AvgIpc) is 3.24. The van der Waals surface area contributed by atoms with Crippen molar-refractivity contribution in [3.05, 3.63) is 58.1 Å². The molecule has 0 aliphatic carbocycles. The number of amidine groups is 1. The first kappa shape index (κ1) is 24.5. The maximum atomic E-state index is 12.0. The van der Waals surface area contributed by atoms with E-state index in [0.29, 0.717) is 16.6 Å². The number of halogens is 1. The molecule has 1 atom stereocenters. The third-order valence-corrected chi connectivity index (χ3v) is 6.28. The SMILES string of the molecule is N=C(N)c1ccc2nc(-c3cc(C(CC(=O)O)C(=O)O)cc(-c4c(O)ccc(Br)c4O)c3O)[nH]c2c1. The van der Waals surface area contributed by atoms with Crippen molar-refractivity contribution in [2.24, 2.45) is 5.73 Å². The summed E-state index contributed by atoms with van der Waals surface area (Å²) in [5.41, 5.74) is 6.56. The minimum Gasteiger partial charge on any atom is -0.507 e. The number of fused-ring (bicyclic) bond motifs is 1. The smallest absolute Gasteiger partial charge is 0.311 e. The van der Waals surface area contributed by atoms with Crippen LogP contribution in [0.1, 0.15) is 23.5 Å². The van der Waals surface area contributed by atoms with E-state index in [1.807, 2.05) is 0 Å². The fraction of sp³-hybridized carbons (Fsp3) is 0.0833. The maximum Gasteiger partial charge on any atom is 0.311 e. The van der Waals surface area contributed by atoms with E-state index in [1.165, 1.54) is 24.3 Å². The van der Waals surface area contributed by atoms with Gasteiger partial charge in [0.1, 0.15) is 28.9 Å². The van der Waals surface area contributed by atoms with Gasteiger partial charge < -0.3 is 36.3 Å². The van der Waals surface area contributed by atoms with Crippen LogP contribution in [0.4, 0.5) is 0 Å². The number of rotatable bonds is 7. The highest BCUT2D eigenvalue weighted by atomic mass is 79.9. The van der Waals surface area contributed by atoms with E-state index in [0.717, 1.165) is 0 Å². The van der Waals surface area contributed by atoms with E-state index in [4.69, 9.17) is 11.1 Å². The number of carbonyl (C=O) groups is 2. The monoisotopic (exact) mass is 554 g/mol. The molecular weight excluding hydrogens is 536 g/mol. The van der Waals surface area contributed by atoms with Gasteiger partial charge >= 0.3 is 11.9 Å². The number of nitrogens with one attached hydrogen (secondary N) is 2. The molecule has 0 aliphatic rings. The van der Waals surface area contributed by atoms with E-state index < -0.39 is 41.5 Å². The summed E-state index contributed by atoms with van der Waals surface area (Å²) in [4.78, 5) is 30.7. The Hall–Kier alpha value is -4.58. The number of carboxylic acid groups (broad SMARTS) is 2. The molecule has 0 radical (unpaired) electrons. The minimum absolute atomic E-state index is 0.00140. The zero-order valence-electron chi connectivity index (χ0n) is 18.3. The number of H-pyrrole nitrogens is 1. The molecule has 4 rings (SSSR count). The Labute approximate surface area is 211 Å². The third-order valence-electron chi connectivity index (χ3n) is 5.64. The van der Waals surface area contributed by atoms with E-state index >= 15 is 0 Å². The number of aromatic amines is 1. The molecule has 0 spiro atoms. The highest BCUT2D eigenvalue weighted by molar-refractivity contribution is 9.10. The number of aromatic nitrogens is 2. The van der Waals surface area contributed by atoms with Crippen LogP contribution in [-0.2, 0) is 9.59 Å². The van der Waals surface area contributed by atoms with Crippen LogP contribution in [0.15, 0.2) is 46.9 Å². The number of hydrogen-bond acceptors (Lipinski definition) is 7. The van der Waals surface area contributed by atoms with Gasteiger partial charge in [-0.2, -0.15) is 0 Å². The predicted molar refractivity (Wildman–Crippen MR) is 133 cm³/mol. The number of benzene rings is 3. The predicted octanol–water partition coefficient (Wildman–Crippen LogP) is 3.70. The molecule has 3 aromatic carbocycles. The molecule has 0 amide bonds. The highest BCUT2D eigenvalue weighted by Gasteiger charge is 2.28. The van der Waals surface area contributed by atoms with Crippen LogP contribution in [0.25, 0.3) is 33.5 Å². The van der Waals surface area contributed by atoms with Crippen molar-refractivity contribution in [2.75, 3.05) is 0 Å². The van der Waals surface area contributed by atoms with Crippen LogP contribution in [-0.4, -0.2) is 53.3 Å². The molecule has 0 aliphatic heterocycles. The molecule has 4 aromatic rings. The number of phenols is 3. The average molecular weight is 555 g/mol. The number of nitrogen functional groups attached to an aromatic ring is 1. The largest absolute Gasteiger partial charge is 0.507 e. The molecule has 9 N–H and O–H groups in total. The van der Waals surface area contributed by atoms with Crippen molar-refractivity contribution >= 4 is 44.7 Å². The molecule has 12 heteroatoms. The van der Waals surface area contributed by atoms with Gasteiger partial charge in [0.2, 0.25) is 0 Å². The summed E-state index contributed by atoms with van der Waals surface area (Å²) in [6, 6.07) is 9.90. The van der Waals surface area contributed by atoms with Gasteiger partial charge in [-0.25, -0.2) is 4.98 Å². The summed E-state index contributed by atoms with van der Waals surface area (Å²) in [6.45, 7) is 0. The van der Waals surface area contributed by atoms with E-state index in [2.05, 4.69) is 25.9 Å². The van der Waals surface area contributed by atoms with Crippen molar-refractivity contribution in [3.8, 4) is 39.8 Å². The molecule has 0 saturated carbocycles. The Bertz CT molecular complexity index is 1560. The third kappa shape index (κ3) is 4.41. The fourth-order valence-corrected chi connectivity index (χ4v) is 4.21. The molecule has 11 nitrogen and oxygen atoms in total. The molecule has 0 bridgehead atoms. The second kappa shape index (κ2) is 9.23. The zero-order valence-corrected chi connectivity index (χ0v) is 19.9. The van der Waals surface area contributed by atoms with Gasteiger partial charge in [0, 0.05) is 11.1 Å². The van der Waals surface area contributed by atoms with Gasteiger partial charge in [0.05, 0.1) is 39.0 Å². The van der Waals surface area contributed by atoms with Gasteiger partial charge in [-0.05, 0) is 64.0 Å². The van der Waals surface area contributed by atoms with Crippen molar-refractivity contribution in [2.45, 2.75) is 12.3 Å². The standard InChI is InChI=1S/C24H19BrN4O7/c25-14-2-4-17(30)19(21(14)34)12-5-10(11(24(35)36)8-18(31)32)6-13(20(12)33)23-28-15-3-1-9(22(26)27)7-16(15)29-23/h1-7,11,30,33-34H,8H2,(H3,26,27)(H,28,29)(H,31,32)(H,35,36). The van der Waals surface area contributed by atoms with Crippen LogP contribution in [0.2, 0.25) is 0 Å². The van der Waals surface area contributed by atoms with Crippen molar-refractivity contribution < 1.29 is 35.1 Å². The summed E-state index contributed by atoms with van der Waals surface area (Å²) in [5.74, 6) is -5.63. The van der Waals surface area contributed by atoms with E-state index in [9.17, 15) is 35.1 Å². The summed E-state index contributed by atoms with van der Waals surface area (Å²) in [6.07, 6.45) is -0.752. The lowest BCUT2D eigenvalue weighted by Crippen LogP contribution is -2.16. The van der Waals surface area contributed by atoms with Crippen molar-refractivity contribution in [1.29, 1.82) is 5.41 Å². The fourth-order valence-electron chi connectivity index (χ4n) is 3.88. The Kier molecular flexibility index (Phi) is 6.29. The van der Waals surface area contributed by atoms with Gasteiger partial charge in [0.25, 0.3) is 0 Å². The Morgan fingerprint density at radius 3 is 2.36 bits per heavy atom.